The highest BCUT2D eigenvalue weighted by atomic mass is 16.5. The fraction of sp³-hybridized carbons (Fsp3) is 0.429. The first-order valence-corrected chi connectivity index (χ1v) is 6.30. The van der Waals surface area contributed by atoms with E-state index in [1.54, 1.807) is 0 Å². The quantitative estimate of drug-likeness (QED) is 0.736. The average molecular weight is 280 g/mol. The molecule has 0 radical (unpaired) electrons. The number of carboxylic acid groups (broad SMARTS) is 2. The number of aliphatic carboxylic acids is 1. The number of rotatable bonds is 6. The second-order valence-corrected chi connectivity index (χ2v) is 4.96. The molecular weight excluding hydrogens is 264 g/mol. The summed E-state index contributed by atoms with van der Waals surface area (Å²) >= 11 is 0. The second kappa shape index (κ2) is 5.40. The maximum Gasteiger partial charge on any atom is 0.339 e. The van der Waals surface area contributed by atoms with Crippen molar-refractivity contribution in [3.63, 3.8) is 0 Å². The van der Waals surface area contributed by atoms with Crippen molar-refractivity contribution in [3.8, 4) is 11.5 Å². The van der Waals surface area contributed by atoms with Gasteiger partial charge in [0.1, 0.15) is 17.1 Å². The lowest BCUT2D eigenvalue weighted by Crippen LogP contribution is -2.10. The summed E-state index contributed by atoms with van der Waals surface area (Å²) in [5.41, 5.74) is 0.296. The fourth-order valence-electron chi connectivity index (χ4n) is 2.44. The van der Waals surface area contributed by atoms with E-state index in [0.717, 1.165) is 12.8 Å². The van der Waals surface area contributed by atoms with Gasteiger partial charge in [-0.1, -0.05) is 0 Å². The summed E-state index contributed by atoms with van der Waals surface area (Å²) < 4.78 is 4.92. The Morgan fingerprint density at radius 1 is 1.35 bits per heavy atom. The predicted molar refractivity (Wildman–Crippen MR) is 69.3 cm³/mol. The van der Waals surface area contributed by atoms with Gasteiger partial charge in [-0.05, 0) is 30.4 Å². The van der Waals surface area contributed by atoms with Crippen molar-refractivity contribution < 1.29 is 29.6 Å². The molecule has 6 nitrogen and oxygen atoms in total. The van der Waals surface area contributed by atoms with E-state index >= 15 is 0 Å². The van der Waals surface area contributed by atoms with Gasteiger partial charge in [0, 0.05) is 12.0 Å². The van der Waals surface area contributed by atoms with Crippen LogP contribution in [0.3, 0.4) is 0 Å². The van der Waals surface area contributed by atoms with Gasteiger partial charge in [-0.25, -0.2) is 4.79 Å². The van der Waals surface area contributed by atoms with Gasteiger partial charge < -0.3 is 20.1 Å². The first kappa shape index (κ1) is 14.2. The van der Waals surface area contributed by atoms with Crippen molar-refractivity contribution in [2.24, 2.45) is 5.92 Å². The largest absolute Gasteiger partial charge is 0.508 e. The van der Waals surface area contributed by atoms with Crippen LogP contribution in [0.2, 0.25) is 0 Å². The van der Waals surface area contributed by atoms with Crippen LogP contribution >= 0.6 is 0 Å². The van der Waals surface area contributed by atoms with Gasteiger partial charge in [0.25, 0.3) is 0 Å². The summed E-state index contributed by atoms with van der Waals surface area (Å²) in [6.45, 7) is 0. The van der Waals surface area contributed by atoms with E-state index < -0.39 is 11.9 Å². The number of aromatic carboxylic acids is 1. The summed E-state index contributed by atoms with van der Waals surface area (Å²) in [4.78, 5) is 22.1. The maximum absolute atomic E-state index is 11.2. The van der Waals surface area contributed by atoms with Gasteiger partial charge in [0.15, 0.2) is 0 Å². The first-order valence-electron chi connectivity index (χ1n) is 6.30. The smallest absolute Gasteiger partial charge is 0.339 e. The van der Waals surface area contributed by atoms with Gasteiger partial charge in [-0.15, -0.1) is 0 Å². The Bertz CT molecular complexity index is 547. The minimum atomic E-state index is -1.17. The van der Waals surface area contributed by atoms with E-state index in [1.807, 2.05) is 0 Å². The van der Waals surface area contributed by atoms with Crippen molar-refractivity contribution in [1.82, 2.24) is 0 Å². The third-order valence-electron chi connectivity index (χ3n) is 3.56. The molecule has 0 saturated heterocycles. The topological polar surface area (TPSA) is 104 Å². The van der Waals surface area contributed by atoms with Crippen molar-refractivity contribution in [2.45, 2.75) is 25.2 Å². The molecule has 0 spiro atoms. The summed E-state index contributed by atoms with van der Waals surface area (Å²) in [7, 11) is 1.32. The van der Waals surface area contributed by atoms with E-state index in [-0.39, 0.29) is 35.3 Å². The van der Waals surface area contributed by atoms with E-state index in [9.17, 15) is 14.7 Å². The third-order valence-corrected chi connectivity index (χ3v) is 3.56. The summed E-state index contributed by atoms with van der Waals surface area (Å²) in [5.74, 6) is -2.38. The molecule has 1 aliphatic carbocycles. The highest BCUT2D eigenvalue weighted by Crippen LogP contribution is 2.47. The maximum atomic E-state index is 11.2. The average Bonchev–Trinajstić information content (AvgIpc) is 3.19. The molecule has 0 aliphatic heterocycles. The zero-order valence-corrected chi connectivity index (χ0v) is 11.0. The number of ether oxygens (including phenoxy) is 1. The highest BCUT2D eigenvalue weighted by molar-refractivity contribution is 5.91. The number of phenols is 1. The molecule has 1 atom stereocenters. The van der Waals surface area contributed by atoms with E-state index in [0.29, 0.717) is 5.56 Å². The SMILES string of the molecule is COc1cc(O)c(C(CC(=O)O)C2CC2)cc1C(=O)O. The zero-order valence-electron chi connectivity index (χ0n) is 11.0. The standard InChI is InChI=1S/C14H16O6/c1-20-12-6-11(15)9(4-10(12)14(18)19)8(5-13(16)17)7-2-3-7/h4,6-8,15H,2-3,5H2,1H3,(H,16,17)(H,18,19). The number of carboxylic acids is 2. The number of hydrogen-bond acceptors (Lipinski definition) is 4. The van der Waals surface area contributed by atoms with Crippen LogP contribution < -0.4 is 4.74 Å². The molecule has 0 aromatic heterocycles. The van der Waals surface area contributed by atoms with Gasteiger partial charge in [0.05, 0.1) is 13.5 Å². The number of benzene rings is 1. The Morgan fingerprint density at radius 2 is 2.00 bits per heavy atom. The Morgan fingerprint density at radius 3 is 2.45 bits per heavy atom. The molecule has 108 valence electrons. The van der Waals surface area contributed by atoms with Crippen molar-refractivity contribution in [1.29, 1.82) is 0 Å². The van der Waals surface area contributed by atoms with Crippen LogP contribution in [0.5, 0.6) is 11.5 Å². The highest BCUT2D eigenvalue weighted by Gasteiger charge is 2.36. The normalized spacial score (nSPS) is 15.7. The number of aromatic hydroxyl groups is 1. The molecule has 1 aromatic rings. The van der Waals surface area contributed by atoms with Gasteiger partial charge in [0.2, 0.25) is 0 Å². The molecule has 2 rings (SSSR count). The molecule has 6 heteroatoms. The molecule has 0 heterocycles. The molecule has 1 aromatic carbocycles. The summed E-state index contributed by atoms with van der Waals surface area (Å²) in [5, 5.41) is 28.1. The monoisotopic (exact) mass is 280 g/mol. The Kier molecular flexibility index (Phi) is 3.83. The molecule has 1 fully saturated rings. The molecule has 0 bridgehead atoms. The Balaban J connectivity index is 2.45. The minimum Gasteiger partial charge on any atom is -0.508 e. The van der Waals surface area contributed by atoms with Crippen molar-refractivity contribution >= 4 is 11.9 Å². The van der Waals surface area contributed by atoms with Crippen LogP contribution in [0.15, 0.2) is 12.1 Å². The van der Waals surface area contributed by atoms with Crippen molar-refractivity contribution in [2.75, 3.05) is 7.11 Å². The lowest BCUT2D eigenvalue weighted by atomic mass is 9.89. The lowest BCUT2D eigenvalue weighted by Gasteiger charge is -2.18. The first-order chi connectivity index (χ1) is 9.43. The van der Waals surface area contributed by atoms with Crippen LogP contribution in [-0.2, 0) is 4.79 Å². The molecular formula is C14H16O6. The predicted octanol–water partition coefficient (Wildman–Crippen LogP) is 2.07. The van der Waals surface area contributed by atoms with E-state index in [1.165, 1.54) is 19.2 Å². The van der Waals surface area contributed by atoms with Crippen LogP contribution in [0.4, 0.5) is 0 Å². The lowest BCUT2D eigenvalue weighted by molar-refractivity contribution is -0.137. The number of carbonyl (C=O) groups is 2. The second-order valence-electron chi connectivity index (χ2n) is 4.96. The van der Waals surface area contributed by atoms with Crippen LogP contribution in [-0.4, -0.2) is 34.4 Å². The van der Waals surface area contributed by atoms with Gasteiger partial charge in [-0.3, -0.25) is 4.79 Å². The number of hydrogen-bond donors (Lipinski definition) is 3. The summed E-state index contributed by atoms with van der Waals surface area (Å²) in [6, 6.07) is 2.55. The molecule has 20 heavy (non-hydrogen) atoms. The molecule has 0 amide bonds. The number of methoxy groups -OCH3 is 1. The van der Waals surface area contributed by atoms with Crippen LogP contribution in [0.1, 0.15) is 41.1 Å². The third kappa shape index (κ3) is 2.84. The molecule has 1 aliphatic rings. The van der Waals surface area contributed by atoms with E-state index in [2.05, 4.69) is 0 Å². The Hall–Kier alpha value is -2.24. The zero-order chi connectivity index (χ0) is 14.9. The molecule has 3 N–H and O–H groups in total. The molecule has 1 unspecified atom stereocenters. The number of phenolic OH excluding ortho intramolecular Hbond substituents is 1. The Labute approximate surface area is 115 Å². The molecule has 1 saturated carbocycles. The van der Waals surface area contributed by atoms with Crippen LogP contribution in [0, 0.1) is 5.92 Å². The summed E-state index contributed by atoms with van der Waals surface area (Å²) in [6.07, 6.45) is 1.67. The van der Waals surface area contributed by atoms with Gasteiger partial charge >= 0.3 is 11.9 Å². The van der Waals surface area contributed by atoms with Gasteiger partial charge in [-0.2, -0.15) is 0 Å². The van der Waals surface area contributed by atoms with Crippen molar-refractivity contribution in [3.05, 3.63) is 23.3 Å². The minimum absolute atomic E-state index is 0.0589. The van der Waals surface area contributed by atoms with E-state index in [4.69, 9.17) is 14.9 Å². The van der Waals surface area contributed by atoms with Crippen LogP contribution in [0.25, 0.3) is 0 Å². The fourth-order valence-corrected chi connectivity index (χ4v) is 2.44.